The van der Waals surface area contributed by atoms with E-state index >= 15 is 0 Å². The summed E-state index contributed by atoms with van der Waals surface area (Å²) in [6.07, 6.45) is -0.161. The van der Waals surface area contributed by atoms with Gasteiger partial charge in [-0.05, 0) is 6.07 Å². The van der Waals surface area contributed by atoms with Gasteiger partial charge in [0.05, 0.1) is 11.0 Å². The largest absolute Gasteiger partial charge is 0.389 e. The first-order chi connectivity index (χ1) is 9.08. The second kappa shape index (κ2) is 5.66. The van der Waals surface area contributed by atoms with Gasteiger partial charge < -0.3 is 15.3 Å². The number of amides is 1. The zero-order valence-corrected chi connectivity index (χ0v) is 10.3. The standard InChI is InChI=1S/C12H15N3O4/c16-9-7-14(8-9)12(17)5-6-13-10-3-1-2-4-11(10)15(18)19/h1-4,9,13,16H,5-8H2. The number of nitrogens with zero attached hydrogens (tertiary/aromatic N) is 2. The molecular weight excluding hydrogens is 250 g/mol. The van der Waals surface area contributed by atoms with Crippen LogP contribution in [0, 0.1) is 10.1 Å². The number of carbonyl (C=O) groups is 1. The lowest BCUT2D eigenvalue weighted by Gasteiger charge is -2.35. The van der Waals surface area contributed by atoms with Gasteiger partial charge in [0.25, 0.3) is 5.69 Å². The number of benzene rings is 1. The highest BCUT2D eigenvalue weighted by molar-refractivity contribution is 5.77. The Kier molecular flexibility index (Phi) is 3.96. The number of anilines is 1. The van der Waals surface area contributed by atoms with Gasteiger partial charge in [0, 0.05) is 32.1 Å². The number of nitrogens with one attached hydrogen (secondary N) is 1. The number of carbonyl (C=O) groups excluding carboxylic acids is 1. The first-order valence-corrected chi connectivity index (χ1v) is 6.01. The summed E-state index contributed by atoms with van der Waals surface area (Å²) in [4.78, 5) is 23.5. The van der Waals surface area contributed by atoms with Gasteiger partial charge in [0.15, 0.2) is 0 Å². The number of para-hydroxylation sites is 2. The number of hydrogen-bond acceptors (Lipinski definition) is 5. The zero-order chi connectivity index (χ0) is 13.8. The van der Waals surface area contributed by atoms with E-state index in [1.165, 1.54) is 6.07 Å². The molecule has 1 saturated heterocycles. The average Bonchev–Trinajstić information content (AvgIpc) is 2.35. The molecule has 1 aliphatic heterocycles. The summed E-state index contributed by atoms with van der Waals surface area (Å²) in [7, 11) is 0. The summed E-state index contributed by atoms with van der Waals surface area (Å²) < 4.78 is 0. The van der Waals surface area contributed by atoms with E-state index < -0.39 is 11.0 Å². The van der Waals surface area contributed by atoms with Gasteiger partial charge in [-0.1, -0.05) is 12.1 Å². The summed E-state index contributed by atoms with van der Waals surface area (Å²) in [5.74, 6) is -0.0589. The lowest BCUT2D eigenvalue weighted by Crippen LogP contribution is -2.53. The summed E-state index contributed by atoms with van der Waals surface area (Å²) in [5, 5.41) is 22.8. The smallest absolute Gasteiger partial charge is 0.292 e. The van der Waals surface area contributed by atoms with Crippen molar-refractivity contribution in [3.8, 4) is 0 Å². The number of β-amino-alcohol motifs (C(OH)–C–C–N with tert-alkyl or cyclic N) is 1. The number of aliphatic hydroxyl groups is 1. The highest BCUT2D eigenvalue weighted by Gasteiger charge is 2.28. The predicted molar refractivity (Wildman–Crippen MR) is 68.8 cm³/mol. The van der Waals surface area contributed by atoms with E-state index in [1.54, 1.807) is 23.1 Å². The molecule has 0 saturated carbocycles. The van der Waals surface area contributed by atoms with E-state index in [1.807, 2.05) is 0 Å². The van der Waals surface area contributed by atoms with Gasteiger partial charge in [0.2, 0.25) is 5.91 Å². The Morgan fingerprint density at radius 3 is 2.79 bits per heavy atom. The molecule has 1 amide bonds. The number of likely N-dealkylation sites (tertiary alicyclic amines) is 1. The van der Waals surface area contributed by atoms with Crippen LogP contribution in [0.4, 0.5) is 11.4 Å². The Labute approximate surface area is 110 Å². The molecule has 2 N–H and O–H groups in total. The molecule has 1 fully saturated rings. The minimum Gasteiger partial charge on any atom is -0.389 e. The monoisotopic (exact) mass is 265 g/mol. The first kappa shape index (κ1) is 13.3. The summed E-state index contributed by atoms with van der Waals surface area (Å²) in [5.41, 5.74) is 0.401. The van der Waals surface area contributed by atoms with Crippen LogP contribution in [0.1, 0.15) is 6.42 Å². The molecular formula is C12H15N3O4. The van der Waals surface area contributed by atoms with E-state index in [0.717, 1.165) is 0 Å². The molecule has 0 unspecified atom stereocenters. The van der Waals surface area contributed by atoms with Crippen LogP contribution in [-0.2, 0) is 4.79 Å². The molecule has 2 rings (SSSR count). The molecule has 0 spiro atoms. The maximum atomic E-state index is 11.6. The minimum absolute atomic E-state index is 0.00526. The lowest BCUT2D eigenvalue weighted by atomic mass is 10.1. The van der Waals surface area contributed by atoms with Crippen molar-refractivity contribution in [3.05, 3.63) is 34.4 Å². The molecule has 1 aromatic rings. The van der Waals surface area contributed by atoms with E-state index in [-0.39, 0.29) is 18.0 Å². The molecule has 7 nitrogen and oxygen atoms in total. The quantitative estimate of drug-likeness (QED) is 0.600. The van der Waals surface area contributed by atoms with Gasteiger partial charge in [-0.2, -0.15) is 0 Å². The topological polar surface area (TPSA) is 95.7 Å². The van der Waals surface area contributed by atoms with Gasteiger partial charge in [-0.15, -0.1) is 0 Å². The molecule has 19 heavy (non-hydrogen) atoms. The van der Waals surface area contributed by atoms with Crippen LogP contribution in [0.15, 0.2) is 24.3 Å². The maximum absolute atomic E-state index is 11.6. The van der Waals surface area contributed by atoms with Crippen molar-refractivity contribution in [3.63, 3.8) is 0 Å². The van der Waals surface area contributed by atoms with Gasteiger partial charge in [0.1, 0.15) is 5.69 Å². The van der Waals surface area contributed by atoms with Crippen molar-refractivity contribution in [1.82, 2.24) is 4.90 Å². The second-order valence-electron chi connectivity index (χ2n) is 4.40. The Hall–Kier alpha value is -2.15. The first-order valence-electron chi connectivity index (χ1n) is 6.01. The fourth-order valence-corrected chi connectivity index (χ4v) is 1.90. The molecule has 0 aromatic heterocycles. The molecule has 7 heteroatoms. The Bertz CT molecular complexity index is 486. The predicted octanol–water partition coefficient (Wildman–Crippen LogP) is 0.600. The number of hydrogen-bond donors (Lipinski definition) is 2. The van der Waals surface area contributed by atoms with E-state index in [2.05, 4.69) is 5.32 Å². The molecule has 102 valence electrons. The van der Waals surface area contributed by atoms with Gasteiger partial charge in [-0.3, -0.25) is 14.9 Å². The zero-order valence-electron chi connectivity index (χ0n) is 10.3. The molecule has 1 aromatic carbocycles. The minimum atomic E-state index is -0.462. The van der Waals surface area contributed by atoms with Crippen LogP contribution in [-0.4, -0.2) is 46.6 Å². The summed E-state index contributed by atoms with van der Waals surface area (Å²) in [6.45, 7) is 1.09. The van der Waals surface area contributed by atoms with Gasteiger partial charge >= 0.3 is 0 Å². The van der Waals surface area contributed by atoms with Gasteiger partial charge in [-0.25, -0.2) is 0 Å². The molecule has 1 heterocycles. The van der Waals surface area contributed by atoms with Crippen LogP contribution < -0.4 is 5.32 Å². The normalized spacial score (nSPS) is 14.9. The third kappa shape index (κ3) is 3.19. The maximum Gasteiger partial charge on any atom is 0.292 e. The van der Waals surface area contributed by atoms with Crippen molar-refractivity contribution in [1.29, 1.82) is 0 Å². The summed E-state index contributed by atoms with van der Waals surface area (Å²) in [6, 6.07) is 6.31. The molecule has 0 bridgehead atoms. The highest BCUT2D eigenvalue weighted by atomic mass is 16.6. The molecule has 0 atom stereocenters. The van der Waals surface area contributed by atoms with Crippen LogP contribution in [0.3, 0.4) is 0 Å². The lowest BCUT2D eigenvalue weighted by molar-refractivity contribution is -0.384. The van der Waals surface area contributed by atoms with Crippen molar-refractivity contribution in [2.24, 2.45) is 0 Å². The van der Waals surface area contributed by atoms with Crippen LogP contribution in [0.25, 0.3) is 0 Å². The second-order valence-corrected chi connectivity index (χ2v) is 4.40. The van der Waals surface area contributed by atoms with Crippen molar-refractivity contribution >= 4 is 17.3 Å². The Balaban J connectivity index is 1.83. The SMILES string of the molecule is O=C(CCNc1ccccc1[N+](=O)[O-])N1CC(O)C1. The molecule has 0 radical (unpaired) electrons. The number of aliphatic hydroxyl groups excluding tert-OH is 1. The Morgan fingerprint density at radius 1 is 1.47 bits per heavy atom. The third-order valence-corrected chi connectivity index (χ3v) is 2.97. The molecule has 1 aliphatic rings. The van der Waals surface area contributed by atoms with E-state index in [4.69, 9.17) is 5.11 Å². The fraction of sp³-hybridized carbons (Fsp3) is 0.417. The van der Waals surface area contributed by atoms with Crippen LogP contribution in [0.2, 0.25) is 0 Å². The number of nitro benzene ring substituents is 1. The highest BCUT2D eigenvalue weighted by Crippen LogP contribution is 2.23. The molecule has 0 aliphatic carbocycles. The Morgan fingerprint density at radius 2 is 2.16 bits per heavy atom. The third-order valence-electron chi connectivity index (χ3n) is 2.97. The van der Waals surface area contributed by atoms with E-state index in [0.29, 0.717) is 25.3 Å². The fourth-order valence-electron chi connectivity index (χ4n) is 1.90. The van der Waals surface area contributed by atoms with Crippen molar-refractivity contribution < 1.29 is 14.8 Å². The van der Waals surface area contributed by atoms with E-state index in [9.17, 15) is 14.9 Å². The number of nitro groups is 1. The van der Waals surface area contributed by atoms with Crippen LogP contribution >= 0.6 is 0 Å². The summed E-state index contributed by atoms with van der Waals surface area (Å²) >= 11 is 0. The van der Waals surface area contributed by atoms with Crippen molar-refractivity contribution in [2.45, 2.75) is 12.5 Å². The average molecular weight is 265 g/mol. The van der Waals surface area contributed by atoms with Crippen LogP contribution in [0.5, 0.6) is 0 Å². The van der Waals surface area contributed by atoms with Crippen molar-refractivity contribution in [2.75, 3.05) is 25.0 Å². The number of rotatable bonds is 5.